The van der Waals surface area contributed by atoms with Gasteiger partial charge in [0.15, 0.2) is 5.82 Å². The summed E-state index contributed by atoms with van der Waals surface area (Å²) in [5.41, 5.74) is 6.22. The number of hydrogen-bond donors (Lipinski definition) is 2. The number of nitrogens with zero attached hydrogens (tertiary/aromatic N) is 7. The van der Waals surface area contributed by atoms with E-state index in [1.165, 1.54) is 6.07 Å². The van der Waals surface area contributed by atoms with Crippen molar-refractivity contribution in [3.05, 3.63) is 54.2 Å². The van der Waals surface area contributed by atoms with Crippen LogP contribution in [0.2, 0.25) is 0 Å². The zero-order valence-electron chi connectivity index (χ0n) is 17.2. The number of anilines is 1. The first-order valence-corrected chi connectivity index (χ1v) is 10.3. The van der Waals surface area contributed by atoms with Crippen molar-refractivity contribution in [2.45, 2.75) is 19.9 Å². The summed E-state index contributed by atoms with van der Waals surface area (Å²) in [7, 11) is 0. The van der Waals surface area contributed by atoms with Crippen LogP contribution in [0.3, 0.4) is 0 Å². The van der Waals surface area contributed by atoms with E-state index >= 15 is 0 Å². The summed E-state index contributed by atoms with van der Waals surface area (Å²) in [6, 6.07) is 8.80. The molecule has 9 nitrogen and oxygen atoms in total. The summed E-state index contributed by atoms with van der Waals surface area (Å²) >= 11 is 0. The molecule has 0 fully saturated rings. The molecule has 0 aliphatic carbocycles. The van der Waals surface area contributed by atoms with Gasteiger partial charge in [0.1, 0.15) is 11.5 Å². The molecule has 5 aromatic heterocycles. The molecule has 6 heterocycles. The van der Waals surface area contributed by atoms with E-state index in [1.54, 1.807) is 25.4 Å². The Hall–Kier alpha value is -4.21. The summed E-state index contributed by atoms with van der Waals surface area (Å²) in [5.74, 6) is 0.561. The normalized spacial score (nSPS) is 13.2. The maximum atomic E-state index is 13.7. The highest BCUT2D eigenvalue weighted by atomic mass is 19.1. The molecule has 0 radical (unpaired) electrons. The van der Waals surface area contributed by atoms with Crippen molar-refractivity contribution in [1.82, 2.24) is 40.1 Å². The Kier molecular flexibility index (Phi) is 4.17. The Balaban J connectivity index is 1.43. The molecule has 158 valence electrons. The first kappa shape index (κ1) is 18.6. The Labute approximate surface area is 181 Å². The molecular weight excluding hydrogens is 409 g/mol. The standard InChI is InChI=1S/C22H18FN9/c1-12-15(23)3-4-18(27-12)21-14(11-26-29-21)16-5-6-17-19(28-16)9-13(10-25-17)20-22-24-7-2-8-32(22)31-30-20/h3-6,9-11,24H,2,7-8H2,1H3,(H,26,29). The van der Waals surface area contributed by atoms with Gasteiger partial charge in [0, 0.05) is 30.4 Å². The van der Waals surface area contributed by atoms with Gasteiger partial charge in [-0.15, -0.1) is 5.10 Å². The van der Waals surface area contributed by atoms with E-state index in [1.807, 2.05) is 22.9 Å². The van der Waals surface area contributed by atoms with E-state index in [-0.39, 0.29) is 5.82 Å². The predicted molar refractivity (Wildman–Crippen MR) is 117 cm³/mol. The molecule has 10 heteroatoms. The second-order valence-corrected chi connectivity index (χ2v) is 7.67. The van der Waals surface area contributed by atoms with Crippen molar-refractivity contribution in [2.75, 3.05) is 11.9 Å². The van der Waals surface area contributed by atoms with Gasteiger partial charge in [0.2, 0.25) is 0 Å². The predicted octanol–water partition coefficient (Wildman–Crippen LogP) is 3.60. The summed E-state index contributed by atoms with van der Waals surface area (Å²) in [4.78, 5) is 13.7. The van der Waals surface area contributed by atoms with Crippen molar-refractivity contribution in [1.29, 1.82) is 0 Å². The number of hydrogen-bond acceptors (Lipinski definition) is 7. The maximum absolute atomic E-state index is 13.7. The topological polar surface area (TPSA) is 110 Å². The molecule has 5 aromatic rings. The van der Waals surface area contributed by atoms with E-state index in [9.17, 15) is 4.39 Å². The number of rotatable bonds is 3. The summed E-state index contributed by atoms with van der Waals surface area (Å²) in [6.45, 7) is 3.37. The first-order valence-electron chi connectivity index (χ1n) is 10.3. The van der Waals surface area contributed by atoms with Gasteiger partial charge in [-0.3, -0.25) is 10.1 Å². The molecule has 0 spiro atoms. The number of aromatic nitrogens is 8. The number of H-pyrrole nitrogens is 1. The number of pyridine rings is 3. The Morgan fingerprint density at radius 2 is 1.94 bits per heavy atom. The van der Waals surface area contributed by atoms with Gasteiger partial charge in [-0.2, -0.15) is 5.10 Å². The number of aromatic amines is 1. The minimum absolute atomic E-state index is 0.328. The average Bonchev–Trinajstić information content (AvgIpc) is 3.48. The summed E-state index contributed by atoms with van der Waals surface area (Å²) < 4.78 is 15.6. The lowest BCUT2D eigenvalue weighted by Gasteiger charge is -2.15. The SMILES string of the molecule is Cc1nc(-c2[nH]ncc2-c2ccc3ncc(-c4nnn5c4NCCC5)cc3n2)ccc1F. The quantitative estimate of drug-likeness (QED) is 0.453. The van der Waals surface area contributed by atoms with Crippen LogP contribution in [0, 0.1) is 12.7 Å². The van der Waals surface area contributed by atoms with Crippen molar-refractivity contribution in [3.63, 3.8) is 0 Å². The third-order valence-corrected chi connectivity index (χ3v) is 5.58. The highest BCUT2D eigenvalue weighted by Gasteiger charge is 2.19. The van der Waals surface area contributed by atoms with Gasteiger partial charge in [-0.05, 0) is 43.7 Å². The van der Waals surface area contributed by atoms with E-state index in [0.29, 0.717) is 22.8 Å². The summed E-state index contributed by atoms with van der Waals surface area (Å²) in [5, 5.41) is 19.1. The Morgan fingerprint density at radius 3 is 2.84 bits per heavy atom. The molecule has 0 bridgehead atoms. The smallest absolute Gasteiger partial charge is 0.153 e. The highest BCUT2D eigenvalue weighted by molar-refractivity contribution is 5.86. The van der Waals surface area contributed by atoms with Crippen molar-refractivity contribution in [2.24, 2.45) is 0 Å². The van der Waals surface area contributed by atoms with Crippen molar-refractivity contribution >= 4 is 16.9 Å². The highest BCUT2D eigenvalue weighted by Crippen LogP contribution is 2.32. The van der Waals surface area contributed by atoms with Gasteiger partial charge in [0.25, 0.3) is 0 Å². The van der Waals surface area contributed by atoms with Crippen molar-refractivity contribution in [3.8, 4) is 33.9 Å². The number of nitrogens with one attached hydrogen (secondary N) is 2. The van der Waals surface area contributed by atoms with Crippen LogP contribution in [0.5, 0.6) is 0 Å². The zero-order valence-corrected chi connectivity index (χ0v) is 17.2. The lowest BCUT2D eigenvalue weighted by Crippen LogP contribution is -2.17. The van der Waals surface area contributed by atoms with Crippen LogP contribution in [-0.4, -0.2) is 46.7 Å². The second kappa shape index (κ2) is 7.19. The van der Waals surface area contributed by atoms with Gasteiger partial charge < -0.3 is 5.32 Å². The second-order valence-electron chi connectivity index (χ2n) is 7.67. The largest absolute Gasteiger partial charge is 0.368 e. The third-order valence-electron chi connectivity index (χ3n) is 5.58. The fourth-order valence-electron chi connectivity index (χ4n) is 3.92. The van der Waals surface area contributed by atoms with Crippen LogP contribution in [0.25, 0.3) is 44.9 Å². The summed E-state index contributed by atoms with van der Waals surface area (Å²) in [6.07, 6.45) is 4.51. The maximum Gasteiger partial charge on any atom is 0.153 e. The fourth-order valence-corrected chi connectivity index (χ4v) is 3.92. The van der Waals surface area contributed by atoms with E-state index < -0.39 is 0 Å². The molecule has 0 saturated heterocycles. The Morgan fingerprint density at radius 1 is 1.03 bits per heavy atom. The average molecular weight is 427 g/mol. The van der Waals surface area contributed by atoms with Crippen LogP contribution in [0.1, 0.15) is 12.1 Å². The Bertz CT molecular complexity index is 1470. The van der Waals surface area contributed by atoms with Gasteiger partial charge in [0.05, 0.1) is 40.0 Å². The van der Waals surface area contributed by atoms with E-state index in [4.69, 9.17) is 4.98 Å². The molecule has 1 aliphatic heterocycles. The molecule has 0 unspecified atom stereocenters. The zero-order chi connectivity index (χ0) is 21.7. The van der Waals surface area contributed by atoms with E-state index in [2.05, 4.69) is 35.8 Å². The lowest BCUT2D eigenvalue weighted by atomic mass is 10.1. The molecule has 0 saturated carbocycles. The fraction of sp³-hybridized carbons (Fsp3) is 0.182. The number of halogens is 1. The van der Waals surface area contributed by atoms with Crippen LogP contribution >= 0.6 is 0 Å². The molecule has 0 aromatic carbocycles. The molecule has 2 N–H and O–H groups in total. The van der Waals surface area contributed by atoms with Crippen LogP contribution in [0.4, 0.5) is 10.2 Å². The molecule has 0 amide bonds. The number of aryl methyl sites for hydroxylation is 2. The molecule has 6 rings (SSSR count). The monoisotopic (exact) mass is 427 g/mol. The van der Waals surface area contributed by atoms with Gasteiger partial charge in [-0.25, -0.2) is 19.0 Å². The molecule has 32 heavy (non-hydrogen) atoms. The third kappa shape index (κ3) is 2.99. The van der Waals surface area contributed by atoms with Crippen LogP contribution < -0.4 is 5.32 Å². The first-order chi connectivity index (χ1) is 15.7. The van der Waals surface area contributed by atoms with Crippen LogP contribution in [0.15, 0.2) is 42.7 Å². The van der Waals surface area contributed by atoms with Crippen molar-refractivity contribution < 1.29 is 4.39 Å². The lowest BCUT2D eigenvalue weighted by molar-refractivity contribution is 0.549. The number of fused-ring (bicyclic) bond motifs is 2. The molecular formula is C22H18FN9. The minimum atomic E-state index is -0.345. The molecule has 0 atom stereocenters. The van der Waals surface area contributed by atoms with Gasteiger partial charge >= 0.3 is 0 Å². The van der Waals surface area contributed by atoms with Gasteiger partial charge in [-0.1, -0.05) is 5.21 Å². The van der Waals surface area contributed by atoms with E-state index in [0.717, 1.165) is 53.2 Å². The molecule has 1 aliphatic rings. The van der Waals surface area contributed by atoms with Crippen LogP contribution in [-0.2, 0) is 6.54 Å². The minimum Gasteiger partial charge on any atom is -0.368 e.